The first kappa shape index (κ1) is 18.4. The second kappa shape index (κ2) is 7.43. The van der Waals surface area contributed by atoms with E-state index in [1.54, 1.807) is 9.58 Å². The van der Waals surface area contributed by atoms with Crippen LogP contribution in [0.1, 0.15) is 30.0 Å². The summed E-state index contributed by atoms with van der Waals surface area (Å²) in [6, 6.07) is 1.94. The van der Waals surface area contributed by atoms with Gasteiger partial charge in [-0.1, -0.05) is 13.8 Å². The number of hydrogen-bond donors (Lipinski definition) is 1. The van der Waals surface area contributed by atoms with Gasteiger partial charge in [0.2, 0.25) is 0 Å². The van der Waals surface area contributed by atoms with Gasteiger partial charge in [0, 0.05) is 46.3 Å². The van der Waals surface area contributed by atoms with Crippen LogP contribution >= 0.6 is 0 Å². The van der Waals surface area contributed by atoms with Gasteiger partial charge in [-0.3, -0.25) is 14.4 Å². The minimum Gasteiger partial charge on any atom is -0.390 e. The molecule has 2 fully saturated rings. The molecule has 1 amide bonds. The van der Waals surface area contributed by atoms with Gasteiger partial charge in [0.1, 0.15) is 5.69 Å². The first-order valence-corrected chi connectivity index (χ1v) is 9.28. The zero-order chi connectivity index (χ0) is 18.1. The zero-order valence-electron chi connectivity index (χ0n) is 15.9. The summed E-state index contributed by atoms with van der Waals surface area (Å²) >= 11 is 0. The van der Waals surface area contributed by atoms with Crippen molar-refractivity contribution in [3.63, 3.8) is 0 Å². The Morgan fingerprint density at radius 3 is 2.56 bits per heavy atom. The van der Waals surface area contributed by atoms with Crippen LogP contribution in [0, 0.1) is 5.92 Å². The lowest BCUT2D eigenvalue weighted by atomic mass is 10.1. The Morgan fingerprint density at radius 2 is 1.92 bits per heavy atom. The van der Waals surface area contributed by atoms with E-state index in [0.717, 1.165) is 38.3 Å². The van der Waals surface area contributed by atoms with Crippen LogP contribution in [0.3, 0.4) is 0 Å². The smallest absolute Gasteiger partial charge is 0.272 e. The van der Waals surface area contributed by atoms with E-state index < -0.39 is 6.10 Å². The van der Waals surface area contributed by atoms with Gasteiger partial charge in [0.15, 0.2) is 0 Å². The van der Waals surface area contributed by atoms with Crippen LogP contribution < -0.4 is 0 Å². The fourth-order valence-electron chi connectivity index (χ4n) is 3.85. The number of carbonyl (C=O) groups is 1. The third-order valence-electron chi connectivity index (χ3n) is 5.32. The molecule has 1 aromatic heterocycles. The molecule has 2 aliphatic heterocycles. The largest absolute Gasteiger partial charge is 0.390 e. The Morgan fingerprint density at radius 1 is 1.24 bits per heavy atom. The molecule has 7 heteroatoms. The molecule has 1 aromatic rings. The summed E-state index contributed by atoms with van der Waals surface area (Å²) in [4.78, 5) is 19.3. The van der Waals surface area contributed by atoms with Crippen LogP contribution in [0.5, 0.6) is 0 Å². The number of rotatable bonds is 4. The molecule has 0 spiro atoms. The summed E-state index contributed by atoms with van der Waals surface area (Å²) in [7, 11) is 3.94. The molecule has 25 heavy (non-hydrogen) atoms. The van der Waals surface area contributed by atoms with Crippen molar-refractivity contribution in [3.05, 3.63) is 17.5 Å². The zero-order valence-corrected chi connectivity index (χ0v) is 15.9. The number of aromatic nitrogens is 2. The SMILES string of the molecule is CC(C)Cc1cc(C(=O)N2C[C@H](O)[C@@H](N3CCN(C)CC3)C2)n(C)n1. The average molecular weight is 349 g/mol. The van der Waals surface area contributed by atoms with Crippen LogP contribution in [-0.2, 0) is 13.5 Å². The van der Waals surface area contributed by atoms with Crippen LogP contribution in [0.25, 0.3) is 0 Å². The molecule has 3 heterocycles. The number of likely N-dealkylation sites (N-methyl/N-ethyl adjacent to an activating group) is 1. The summed E-state index contributed by atoms with van der Waals surface area (Å²) in [5.74, 6) is 0.480. The van der Waals surface area contributed by atoms with Gasteiger partial charge in [0.05, 0.1) is 17.8 Å². The standard InChI is InChI=1S/C18H31N5O2/c1-13(2)9-14-10-15(21(4)19-14)18(25)23-11-16(17(24)12-23)22-7-5-20(3)6-8-22/h10,13,16-17,24H,5-9,11-12H2,1-4H3/t16-,17-/m0/s1. The molecule has 0 unspecified atom stereocenters. The molecule has 3 rings (SSSR count). The number of aryl methyl sites for hydroxylation is 1. The third kappa shape index (κ3) is 4.04. The van der Waals surface area contributed by atoms with E-state index in [2.05, 4.69) is 35.8 Å². The third-order valence-corrected chi connectivity index (χ3v) is 5.32. The van der Waals surface area contributed by atoms with Gasteiger partial charge < -0.3 is 14.9 Å². The van der Waals surface area contributed by atoms with Gasteiger partial charge in [-0.25, -0.2) is 0 Å². The molecule has 0 bridgehead atoms. The molecule has 0 radical (unpaired) electrons. The van der Waals surface area contributed by atoms with Crippen LogP contribution in [0.15, 0.2) is 6.07 Å². The van der Waals surface area contributed by atoms with E-state index in [-0.39, 0.29) is 11.9 Å². The van der Waals surface area contributed by atoms with Gasteiger partial charge in [-0.2, -0.15) is 5.10 Å². The van der Waals surface area contributed by atoms with E-state index >= 15 is 0 Å². The molecule has 2 saturated heterocycles. The fraction of sp³-hybridized carbons (Fsp3) is 0.778. The van der Waals surface area contributed by atoms with Crippen molar-refractivity contribution in [3.8, 4) is 0 Å². The number of nitrogens with zero attached hydrogens (tertiary/aromatic N) is 5. The molecular weight excluding hydrogens is 318 g/mol. The normalized spacial score (nSPS) is 25.9. The second-order valence-corrected chi connectivity index (χ2v) is 7.93. The Kier molecular flexibility index (Phi) is 5.46. The van der Waals surface area contributed by atoms with Crippen molar-refractivity contribution < 1.29 is 9.90 Å². The molecule has 7 nitrogen and oxygen atoms in total. The lowest BCUT2D eigenvalue weighted by molar-refractivity contribution is 0.0512. The van der Waals surface area contributed by atoms with Crippen molar-refractivity contribution in [2.45, 2.75) is 32.4 Å². The number of amides is 1. The first-order chi connectivity index (χ1) is 11.8. The maximum atomic E-state index is 12.9. The lowest BCUT2D eigenvalue weighted by Gasteiger charge is -2.37. The topological polar surface area (TPSA) is 64.8 Å². The Hall–Kier alpha value is -1.44. The molecule has 2 aliphatic rings. The van der Waals surface area contributed by atoms with Crippen molar-refractivity contribution in [1.82, 2.24) is 24.5 Å². The number of likely N-dealkylation sites (tertiary alicyclic amines) is 1. The minimum absolute atomic E-state index is 0.0271. The van der Waals surface area contributed by atoms with Crippen molar-refractivity contribution in [1.29, 1.82) is 0 Å². The maximum Gasteiger partial charge on any atom is 0.272 e. The highest BCUT2D eigenvalue weighted by Crippen LogP contribution is 2.20. The molecule has 140 valence electrons. The maximum absolute atomic E-state index is 12.9. The predicted octanol–water partition coefficient (Wildman–Crippen LogP) is 0.0513. The highest BCUT2D eigenvalue weighted by atomic mass is 16.3. The monoisotopic (exact) mass is 349 g/mol. The summed E-state index contributed by atoms with van der Waals surface area (Å²) in [5, 5.41) is 15.0. The molecule has 2 atom stereocenters. The quantitative estimate of drug-likeness (QED) is 0.832. The lowest BCUT2D eigenvalue weighted by Crippen LogP contribution is -2.52. The predicted molar refractivity (Wildman–Crippen MR) is 96.5 cm³/mol. The highest BCUT2D eigenvalue weighted by Gasteiger charge is 2.39. The number of aliphatic hydroxyl groups is 1. The van der Waals surface area contributed by atoms with E-state index in [1.165, 1.54) is 0 Å². The van der Waals surface area contributed by atoms with Crippen molar-refractivity contribution in [2.75, 3.05) is 46.3 Å². The van der Waals surface area contributed by atoms with Crippen LogP contribution in [0.2, 0.25) is 0 Å². The molecule has 0 aliphatic carbocycles. The number of aliphatic hydroxyl groups excluding tert-OH is 1. The second-order valence-electron chi connectivity index (χ2n) is 7.93. The van der Waals surface area contributed by atoms with Gasteiger partial charge in [-0.05, 0) is 25.5 Å². The fourth-order valence-corrected chi connectivity index (χ4v) is 3.85. The van der Waals surface area contributed by atoms with Crippen LogP contribution in [0.4, 0.5) is 0 Å². The van der Waals surface area contributed by atoms with E-state index in [4.69, 9.17) is 0 Å². The van der Waals surface area contributed by atoms with Gasteiger partial charge in [-0.15, -0.1) is 0 Å². The summed E-state index contributed by atoms with van der Waals surface area (Å²) < 4.78 is 1.68. The van der Waals surface area contributed by atoms with E-state index in [0.29, 0.717) is 24.7 Å². The molecule has 0 saturated carbocycles. The molecular formula is C18H31N5O2. The van der Waals surface area contributed by atoms with Crippen LogP contribution in [-0.4, -0.2) is 94.0 Å². The van der Waals surface area contributed by atoms with Crippen molar-refractivity contribution >= 4 is 5.91 Å². The number of piperazine rings is 1. The Balaban J connectivity index is 1.66. The first-order valence-electron chi connectivity index (χ1n) is 9.28. The molecule has 1 N–H and O–H groups in total. The highest BCUT2D eigenvalue weighted by molar-refractivity contribution is 5.93. The van der Waals surface area contributed by atoms with Gasteiger partial charge in [0.25, 0.3) is 5.91 Å². The van der Waals surface area contributed by atoms with E-state index in [1.807, 2.05) is 13.1 Å². The Labute approximate surface area is 150 Å². The summed E-state index contributed by atoms with van der Waals surface area (Å²) in [5.41, 5.74) is 1.57. The van der Waals surface area contributed by atoms with Crippen molar-refractivity contribution in [2.24, 2.45) is 13.0 Å². The number of carbonyl (C=O) groups excluding carboxylic acids is 1. The minimum atomic E-state index is -0.476. The van der Waals surface area contributed by atoms with E-state index in [9.17, 15) is 9.90 Å². The molecule has 0 aromatic carbocycles. The van der Waals surface area contributed by atoms with Gasteiger partial charge >= 0.3 is 0 Å². The summed E-state index contributed by atoms with van der Waals surface area (Å²) in [6.07, 6.45) is 0.393. The Bertz CT molecular complexity index is 607. The number of hydrogen-bond acceptors (Lipinski definition) is 5. The summed E-state index contributed by atoms with van der Waals surface area (Å²) in [6.45, 7) is 9.21. The number of β-amino-alcohol motifs (C(OH)–C–C–N with tert-alkyl or cyclic N) is 1. The average Bonchev–Trinajstić information content (AvgIpc) is 3.10.